The van der Waals surface area contributed by atoms with Crippen LogP contribution in [0.4, 0.5) is 0 Å². The fraction of sp³-hybridized carbons (Fsp3) is 0.250. The van der Waals surface area contributed by atoms with E-state index < -0.39 is 0 Å². The maximum absolute atomic E-state index is 10.1. The van der Waals surface area contributed by atoms with Gasteiger partial charge in [0.1, 0.15) is 6.29 Å². The standard InChI is InChI=1S/C12H14O/c1-2-5-11-6-3-7-12(10-11)8-4-9-13/h3-4,6-10H,2,5H2,1H3/b8-4+. The van der Waals surface area contributed by atoms with Gasteiger partial charge in [-0.15, -0.1) is 0 Å². The highest BCUT2D eigenvalue weighted by Gasteiger charge is 1.91. The molecule has 13 heavy (non-hydrogen) atoms. The molecule has 0 aromatic heterocycles. The zero-order valence-electron chi connectivity index (χ0n) is 7.86. The average Bonchev–Trinajstić information content (AvgIpc) is 2.16. The van der Waals surface area contributed by atoms with Crippen molar-refractivity contribution in [2.75, 3.05) is 0 Å². The highest BCUT2D eigenvalue weighted by Crippen LogP contribution is 2.08. The molecule has 0 bridgehead atoms. The van der Waals surface area contributed by atoms with Crippen LogP contribution >= 0.6 is 0 Å². The molecule has 1 heteroatoms. The number of rotatable bonds is 4. The molecule has 0 saturated heterocycles. The molecule has 0 aliphatic heterocycles. The lowest BCUT2D eigenvalue weighted by Gasteiger charge is -1.99. The molecule has 1 aromatic rings. The topological polar surface area (TPSA) is 17.1 Å². The van der Waals surface area contributed by atoms with Crippen molar-refractivity contribution in [2.24, 2.45) is 0 Å². The first kappa shape index (κ1) is 9.72. The van der Waals surface area contributed by atoms with Gasteiger partial charge in [0.15, 0.2) is 0 Å². The Morgan fingerprint density at radius 2 is 2.23 bits per heavy atom. The van der Waals surface area contributed by atoms with Crippen molar-refractivity contribution in [3.63, 3.8) is 0 Å². The van der Waals surface area contributed by atoms with Gasteiger partial charge in [0.2, 0.25) is 0 Å². The number of aryl methyl sites for hydroxylation is 1. The van der Waals surface area contributed by atoms with Crippen LogP contribution in [-0.2, 0) is 11.2 Å². The first-order chi connectivity index (χ1) is 6.36. The van der Waals surface area contributed by atoms with Gasteiger partial charge in [0, 0.05) is 0 Å². The summed E-state index contributed by atoms with van der Waals surface area (Å²) in [7, 11) is 0. The predicted octanol–water partition coefficient (Wildman–Crippen LogP) is 2.85. The molecule has 0 saturated carbocycles. The van der Waals surface area contributed by atoms with Crippen LogP contribution in [0, 0.1) is 0 Å². The molecule has 1 aromatic carbocycles. The van der Waals surface area contributed by atoms with Gasteiger partial charge in [-0.25, -0.2) is 0 Å². The van der Waals surface area contributed by atoms with Gasteiger partial charge in [-0.1, -0.05) is 43.7 Å². The minimum atomic E-state index is 0.798. The van der Waals surface area contributed by atoms with Crippen molar-refractivity contribution in [3.8, 4) is 0 Å². The lowest BCUT2D eigenvalue weighted by molar-refractivity contribution is -0.104. The zero-order valence-corrected chi connectivity index (χ0v) is 7.86. The average molecular weight is 174 g/mol. The molecule has 0 fully saturated rings. The summed E-state index contributed by atoms with van der Waals surface area (Å²) in [5.41, 5.74) is 2.42. The fourth-order valence-electron chi connectivity index (χ4n) is 1.29. The van der Waals surface area contributed by atoms with Gasteiger partial charge in [-0.3, -0.25) is 4.79 Å². The Kier molecular flexibility index (Phi) is 3.97. The molecule has 0 unspecified atom stereocenters. The number of carbonyl (C=O) groups is 1. The van der Waals surface area contributed by atoms with Crippen molar-refractivity contribution in [2.45, 2.75) is 19.8 Å². The van der Waals surface area contributed by atoms with Gasteiger partial charge in [-0.05, 0) is 23.6 Å². The number of hydrogen-bond acceptors (Lipinski definition) is 1. The summed E-state index contributed by atoms with van der Waals surface area (Å²) >= 11 is 0. The third-order valence-corrected chi connectivity index (χ3v) is 1.86. The molecule has 0 atom stereocenters. The van der Waals surface area contributed by atoms with Crippen molar-refractivity contribution < 1.29 is 4.79 Å². The summed E-state index contributed by atoms with van der Waals surface area (Å²) in [4.78, 5) is 10.1. The summed E-state index contributed by atoms with van der Waals surface area (Å²) in [6, 6.07) is 8.25. The molecule has 0 aliphatic carbocycles. The third-order valence-electron chi connectivity index (χ3n) is 1.86. The normalized spacial score (nSPS) is 10.5. The molecule has 68 valence electrons. The minimum Gasteiger partial charge on any atom is -0.299 e. The molecule has 1 rings (SSSR count). The summed E-state index contributed by atoms with van der Waals surface area (Å²) in [5, 5.41) is 0. The van der Waals surface area contributed by atoms with Crippen LogP contribution < -0.4 is 0 Å². The van der Waals surface area contributed by atoms with Crippen LogP contribution in [0.3, 0.4) is 0 Å². The second-order valence-corrected chi connectivity index (χ2v) is 2.99. The first-order valence-corrected chi connectivity index (χ1v) is 4.57. The maximum Gasteiger partial charge on any atom is 0.142 e. The summed E-state index contributed by atoms with van der Waals surface area (Å²) in [5.74, 6) is 0. The first-order valence-electron chi connectivity index (χ1n) is 4.57. The highest BCUT2D eigenvalue weighted by molar-refractivity contribution is 5.73. The van der Waals surface area contributed by atoms with E-state index >= 15 is 0 Å². The molecule has 0 radical (unpaired) electrons. The second-order valence-electron chi connectivity index (χ2n) is 2.99. The van der Waals surface area contributed by atoms with E-state index in [1.165, 1.54) is 11.6 Å². The Balaban J connectivity index is 2.78. The molecule has 0 N–H and O–H groups in total. The third kappa shape index (κ3) is 3.24. The molecular weight excluding hydrogens is 160 g/mol. The van der Waals surface area contributed by atoms with Crippen molar-refractivity contribution >= 4 is 12.4 Å². The van der Waals surface area contributed by atoms with Crippen LogP contribution in [0.15, 0.2) is 30.3 Å². The largest absolute Gasteiger partial charge is 0.299 e. The van der Waals surface area contributed by atoms with E-state index in [-0.39, 0.29) is 0 Å². The quantitative estimate of drug-likeness (QED) is 0.506. The summed E-state index contributed by atoms with van der Waals surface area (Å²) < 4.78 is 0. The molecule has 0 heterocycles. The van der Waals surface area contributed by atoms with Crippen LogP contribution in [0.25, 0.3) is 6.08 Å². The van der Waals surface area contributed by atoms with Crippen LogP contribution in [0.2, 0.25) is 0 Å². The van der Waals surface area contributed by atoms with E-state index in [0.717, 1.165) is 24.7 Å². The van der Waals surface area contributed by atoms with Gasteiger partial charge < -0.3 is 0 Å². The summed E-state index contributed by atoms with van der Waals surface area (Å²) in [6.45, 7) is 2.16. The van der Waals surface area contributed by atoms with Crippen LogP contribution in [0.1, 0.15) is 24.5 Å². The van der Waals surface area contributed by atoms with Gasteiger partial charge in [0.25, 0.3) is 0 Å². The van der Waals surface area contributed by atoms with Gasteiger partial charge >= 0.3 is 0 Å². The lowest BCUT2D eigenvalue weighted by atomic mass is 10.1. The lowest BCUT2D eigenvalue weighted by Crippen LogP contribution is -1.83. The maximum atomic E-state index is 10.1. The van der Waals surface area contributed by atoms with E-state index in [1.807, 2.05) is 18.2 Å². The smallest absolute Gasteiger partial charge is 0.142 e. The van der Waals surface area contributed by atoms with Crippen molar-refractivity contribution in [1.82, 2.24) is 0 Å². The van der Waals surface area contributed by atoms with E-state index in [9.17, 15) is 4.79 Å². The van der Waals surface area contributed by atoms with Crippen molar-refractivity contribution in [3.05, 3.63) is 41.5 Å². The Morgan fingerprint density at radius 1 is 1.38 bits per heavy atom. The SMILES string of the molecule is CCCc1cccc(/C=C/C=O)c1. The Labute approximate surface area is 79.1 Å². The van der Waals surface area contributed by atoms with E-state index in [2.05, 4.69) is 19.1 Å². The van der Waals surface area contributed by atoms with Crippen molar-refractivity contribution in [1.29, 1.82) is 0 Å². The molecular formula is C12H14O. The van der Waals surface area contributed by atoms with E-state index in [4.69, 9.17) is 0 Å². The Hall–Kier alpha value is -1.37. The molecule has 0 aliphatic rings. The van der Waals surface area contributed by atoms with Gasteiger partial charge in [-0.2, -0.15) is 0 Å². The number of hydrogen-bond donors (Lipinski definition) is 0. The molecule has 1 nitrogen and oxygen atoms in total. The Bertz CT molecular complexity index is 300. The highest BCUT2D eigenvalue weighted by atomic mass is 16.1. The Morgan fingerprint density at radius 3 is 2.92 bits per heavy atom. The number of aldehydes is 1. The number of benzene rings is 1. The number of allylic oxidation sites excluding steroid dienone is 1. The second kappa shape index (κ2) is 5.31. The molecule has 0 spiro atoms. The predicted molar refractivity (Wildman–Crippen MR) is 55.5 cm³/mol. The fourth-order valence-corrected chi connectivity index (χ4v) is 1.29. The van der Waals surface area contributed by atoms with E-state index in [0.29, 0.717) is 0 Å². The molecule has 0 amide bonds. The summed E-state index contributed by atoms with van der Waals surface area (Å²) in [6.07, 6.45) is 6.40. The number of carbonyl (C=O) groups excluding carboxylic acids is 1. The monoisotopic (exact) mass is 174 g/mol. The minimum absolute atomic E-state index is 0.798. The van der Waals surface area contributed by atoms with E-state index in [1.54, 1.807) is 0 Å². The van der Waals surface area contributed by atoms with Gasteiger partial charge in [0.05, 0.1) is 0 Å². The van der Waals surface area contributed by atoms with Crippen LogP contribution in [0.5, 0.6) is 0 Å². The zero-order chi connectivity index (χ0) is 9.52. The van der Waals surface area contributed by atoms with Crippen LogP contribution in [-0.4, -0.2) is 6.29 Å².